The molecule has 1 aromatic rings. The lowest BCUT2D eigenvalue weighted by Crippen LogP contribution is -2.30. The average Bonchev–Trinajstić information content (AvgIpc) is 2.29. The maximum absolute atomic E-state index is 11.5. The van der Waals surface area contributed by atoms with Gasteiger partial charge in [-0.15, -0.1) is 18.2 Å². The van der Waals surface area contributed by atoms with Crippen LogP contribution >= 0.6 is 23.4 Å². The van der Waals surface area contributed by atoms with Crippen LogP contribution in [0.5, 0.6) is 0 Å². The summed E-state index contributed by atoms with van der Waals surface area (Å²) in [5.41, 5.74) is 0. The van der Waals surface area contributed by atoms with Gasteiger partial charge in [0.2, 0.25) is 5.91 Å². The fourth-order valence-corrected chi connectivity index (χ4v) is 2.07. The monoisotopic (exact) mass is 253 g/mol. The highest BCUT2D eigenvalue weighted by Crippen LogP contribution is 2.24. The molecule has 0 fully saturated rings. The summed E-state index contributed by atoms with van der Waals surface area (Å²) in [5.74, 6) is 2.31. The number of thioether (sulfide) groups is 1. The third-order valence-corrected chi connectivity index (χ3v) is 3.22. The molecule has 0 bridgehead atoms. The minimum atomic E-state index is -0.172. The summed E-state index contributed by atoms with van der Waals surface area (Å²) in [7, 11) is 0. The Morgan fingerprint density at radius 1 is 1.56 bits per heavy atom. The highest BCUT2D eigenvalue weighted by atomic mass is 35.5. The zero-order valence-electron chi connectivity index (χ0n) is 8.87. The quantitative estimate of drug-likeness (QED) is 0.660. The molecule has 1 unspecified atom stereocenters. The van der Waals surface area contributed by atoms with Gasteiger partial charge < -0.3 is 5.32 Å². The van der Waals surface area contributed by atoms with E-state index < -0.39 is 0 Å². The van der Waals surface area contributed by atoms with Crippen molar-refractivity contribution in [3.63, 3.8) is 0 Å². The number of carbonyl (C=O) groups excluding carboxylic acids is 1. The van der Waals surface area contributed by atoms with Crippen molar-refractivity contribution in [2.75, 3.05) is 6.54 Å². The van der Waals surface area contributed by atoms with E-state index >= 15 is 0 Å². The summed E-state index contributed by atoms with van der Waals surface area (Å²) in [6.45, 7) is 2.11. The Labute approximate surface area is 105 Å². The van der Waals surface area contributed by atoms with E-state index in [1.54, 1.807) is 12.1 Å². The molecular formula is C12H12ClNOS. The van der Waals surface area contributed by atoms with Crippen molar-refractivity contribution >= 4 is 29.3 Å². The van der Waals surface area contributed by atoms with Crippen LogP contribution in [-0.4, -0.2) is 17.7 Å². The van der Waals surface area contributed by atoms with Gasteiger partial charge in [0.1, 0.15) is 0 Å². The zero-order chi connectivity index (χ0) is 12.0. The van der Waals surface area contributed by atoms with Crippen LogP contribution in [0.1, 0.15) is 6.92 Å². The first-order chi connectivity index (χ1) is 7.63. The highest BCUT2D eigenvalue weighted by Gasteiger charge is 2.13. The number of carbonyl (C=O) groups is 1. The largest absolute Gasteiger partial charge is 0.344 e. The van der Waals surface area contributed by atoms with Crippen molar-refractivity contribution in [1.82, 2.24) is 5.32 Å². The number of amides is 1. The molecule has 1 atom stereocenters. The molecule has 0 aliphatic heterocycles. The molecule has 1 aromatic carbocycles. The molecule has 1 amide bonds. The van der Waals surface area contributed by atoms with E-state index in [1.165, 1.54) is 11.8 Å². The molecule has 84 valence electrons. The molecule has 0 aromatic heterocycles. The second-order valence-corrected chi connectivity index (χ2v) is 4.99. The maximum atomic E-state index is 11.5. The van der Waals surface area contributed by atoms with Crippen molar-refractivity contribution in [1.29, 1.82) is 0 Å². The third-order valence-electron chi connectivity index (χ3n) is 1.86. The molecule has 0 saturated heterocycles. The van der Waals surface area contributed by atoms with Crippen LogP contribution in [0.15, 0.2) is 29.2 Å². The molecule has 1 N–H and O–H groups in total. The molecular weight excluding hydrogens is 242 g/mol. The third kappa shape index (κ3) is 4.18. The van der Waals surface area contributed by atoms with Gasteiger partial charge in [0, 0.05) is 9.92 Å². The van der Waals surface area contributed by atoms with E-state index in [0.717, 1.165) is 4.90 Å². The van der Waals surface area contributed by atoms with Crippen molar-refractivity contribution in [3.8, 4) is 12.3 Å². The van der Waals surface area contributed by atoms with Crippen LogP contribution in [-0.2, 0) is 4.79 Å². The molecule has 0 radical (unpaired) electrons. The zero-order valence-corrected chi connectivity index (χ0v) is 10.4. The number of terminal acetylenes is 1. The molecule has 1 rings (SSSR count). The second kappa shape index (κ2) is 6.47. The van der Waals surface area contributed by atoms with Crippen molar-refractivity contribution in [3.05, 3.63) is 29.3 Å². The Bertz CT molecular complexity index is 396. The van der Waals surface area contributed by atoms with Gasteiger partial charge >= 0.3 is 0 Å². The fraction of sp³-hybridized carbons (Fsp3) is 0.250. The lowest BCUT2D eigenvalue weighted by atomic mass is 10.4. The number of hydrogen-bond acceptors (Lipinski definition) is 2. The molecule has 0 aliphatic carbocycles. The van der Waals surface area contributed by atoms with Gasteiger partial charge in [0.05, 0.1) is 11.8 Å². The Balaban J connectivity index is 2.51. The van der Waals surface area contributed by atoms with E-state index in [9.17, 15) is 4.79 Å². The van der Waals surface area contributed by atoms with Crippen molar-refractivity contribution in [2.45, 2.75) is 17.1 Å². The van der Waals surface area contributed by atoms with Gasteiger partial charge in [-0.3, -0.25) is 4.79 Å². The molecule has 4 heteroatoms. The fourth-order valence-electron chi connectivity index (χ4n) is 1.05. The van der Waals surface area contributed by atoms with Gasteiger partial charge in [-0.25, -0.2) is 0 Å². The molecule has 2 nitrogen and oxygen atoms in total. The molecule has 0 saturated carbocycles. The molecule has 0 spiro atoms. The van der Waals surface area contributed by atoms with Gasteiger partial charge in [-0.05, 0) is 31.2 Å². The number of benzene rings is 1. The predicted molar refractivity (Wildman–Crippen MR) is 68.6 cm³/mol. The normalized spacial score (nSPS) is 11.6. The lowest BCUT2D eigenvalue weighted by molar-refractivity contribution is -0.120. The Morgan fingerprint density at radius 2 is 2.19 bits per heavy atom. The van der Waals surface area contributed by atoms with E-state index in [0.29, 0.717) is 5.02 Å². The minimum absolute atomic E-state index is 0.0575. The smallest absolute Gasteiger partial charge is 0.233 e. The van der Waals surface area contributed by atoms with Crippen LogP contribution in [0.3, 0.4) is 0 Å². The SMILES string of the molecule is C#CCNC(=O)C(C)Sc1ccc(Cl)cc1. The summed E-state index contributed by atoms with van der Waals surface area (Å²) in [6.07, 6.45) is 5.06. The van der Waals surface area contributed by atoms with Gasteiger partial charge in [-0.1, -0.05) is 17.5 Å². The molecule has 0 heterocycles. The van der Waals surface area contributed by atoms with E-state index in [-0.39, 0.29) is 17.7 Å². The Kier molecular flexibility index (Phi) is 5.24. The minimum Gasteiger partial charge on any atom is -0.344 e. The van der Waals surface area contributed by atoms with Gasteiger partial charge in [0.15, 0.2) is 0 Å². The Morgan fingerprint density at radius 3 is 2.75 bits per heavy atom. The van der Waals surface area contributed by atoms with Crippen LogP contribution in [0.2, 0.25) is 5.02 Å². The summed E-state index contributed by atoms with van der Waals surface area (Å²) >= 11 is 7.24. The number of nitrogens with one attached hydrogen (secondary N) is 1. The van der Waals surface area contributed by atoms with E-state index in [1.807, 2.05) is 19.1 Å². The maximum Gasteiger partial charge on any atom is 0.233 e. The van der Waals surface area contributed by atoms with Gasteiger partial charge in [0.25, 0.3) is 0 Å². The molecule has 0 aliphatic rings. The van der Waals surface area contributed by atoms with Crippen LogP contribution < -0.4 is 5.32 Å². The second-order valence-electron chi connectivity index (χ2n) is 3.14. The topological polar surface area (TPSA) is 29.1 Å². The van der Waals surface area contributed by atoms with E-state index in [2.05, 4.69) is 11.2 Å². The first-order valence-corrected chi connectivity index (χ1v) is 6.02. The summed E-state index contributed by atoms with van der Waals surface area (Å²) < 4.78 is 0. The summed E-state index contributed by atoms with van der Waals surface area (Å²) in [6, 6.07) is 7.38. The summed E-state index contributed by atoms with van der Waals surface area (Å²) in [4.78, 5) is 12.5. The standard InChI is InChI=1S/C12H12ClNOS/c1-3-8-14-12(15)9(2)16-11-6-4-10(13)5-7-11/h1,4-7,9H,8H2,2H3,(H,14,15). The van der Waals surface area contributed by atoms with Crippen LogP contribution in [0.25, 0.3) is 0 Å². The molecule has 16 heavy (non-hydrogen) atoms. The van der Waals surface area contributed by atoms with Crippen LogP contribution in [0, 0.1) is 12.3 Å². The Hall–Kier alpha value is -1.11. The highest BCUT2D eigenvalue weighted by molar-refractivity contribution is 8.00. The number of halogens is 1. The van der Waals surface area contributed by atoms with Crippen molar-refractivity contribution < 1.29 is 4.79 Å². The first-order valence-electron chi connectivity index (χ1n) is 4.77. The van der Waals surface area contributed by atoms with Crippen molar-refractivity contribution in [2.24, 2.45) is 0 Å². The van der Waals surface area contributed by atoms with E-state index in [4.69, 9.17) is 18.0 Å². The lowest BCUT2D eigenvalue weighted by Gasteiger charge is -2.10. The first kappa shape index (κ1) is 13.0. The number of hydrogen-bond donors (Lipinski definition) is 1. The van der Waals surface area contributed by atoms with Crippen LogP contribution in [0.4, 0.5) is 0 Å². The average molecular weight is 254 g/mol. The predicted octanol–water partition coefficient (Wildman–Crippen LogP) is 2.57. The summed E-state index contributed by atoms with van der Waals surface area (Å²) in [5, 5.41) is 3.16. The van der Waals surface area contributed by atoms with Gasteiger partial charge in [-0.2, -0.15) is 0 Å². The number of rotatable bonds is 4.